The van der Waals surface area contributed by atoms with E-state index >= 15 is 0 Å². The first kappa shape index (κ1) is 17.0. The molecule has 5 nitrogen and oxygen atoms in total. The van der Waals surface area contributed by atoms with Crippen molar-refractivity contribution in [1.29, 1.82) is 0 Å². The minimum atomic E-state index is 0.267. The van der Waals surface area contributed by atoms with Crippen molar-refractivity contribution < 1.29 is 9.15 Å². The Morgan fingerprint density at radius 3 is 2.24 bits per heavy atom. The zero-order valence-electron chi connectivity index (χ0n) is 14.7. The van der Waals surface area contributed by atoms with E-state index in [1.54, 1.807) is 0 Å². The Bertz CT molecular complexity index is 777. The van der Waals surface area contributed by atoms with Gasteiger partial charge in [0.25, 0.3) is 5.89 Å². The third-order valence-electron chi connectivity index (χ3n) is 4.03. The van der Waals surface area contributed by atoms with Gasteiger partial charge in [-0.05, 0) is 36.1 Å². The molecule has 0 fully saturated rings. The number of para-hydroxylation sites is 2. The number of hydrogen-bond donors (Lipinski definition) is 1. The molecular formula is C20H23N3O2. The molecule has 3 aromatic rings. The van der Waals surface area contributed by atoms with Crippen LogP contribution in [-0.2, 0) is 26.0 Å². The van der Waals surface area contributed by atoms with Crippen LogP contribution >= 0.6 is 0 Å². The molecule has 0 saturated carbocycles. The van der Waals surface area contributed by atoms with E-state index in [0.29, 0.717) is 18.3 Å². The number of anilines is 1. The number of ether oxygens (including phenoxy) is 1. The van der Waals surface area contributed by atoms with Crippen LogP contribution in [0, 0.1) is 0 Å². The summed E-state index contributed by atoms with van der Waals surface area (Å²) in [5, 5.41) is 11.6. The van der Waals surface area contributed by atoms with E-state index < -0.39 is 0 Å². The van der Waals surface area contributed by atoms with Crippen LogP contribution in [0.15, 0.2) is 52.9 Å². The highest BCUT2D eigenvalue weighted by Crippen LogP contribution is 2.23. The van der Waals surface area contributed by atoms with Crippen LogP contribution in [0.1, 0.15) is 36.8 Å². The molecule has 0 bridgehead atoms. The van der Waals surface area contributed by atoms with Gasteiger partial charge >= 0.3 is 0 Å². The molecule has 0 aliphatic carbocycles. The van der Waals surface area contributed by atoms with Crippen molar-refractivity contribution in [3.63, 3.8) is 0 Å². The van der Waals surface area contributed by atoms with E-state index in [-0.39, 0.29) is 6.61 Å². The Balaban J connectivity index is 1.61. The molecule has 130 valence electrons. The van der Waals surface area contributed by atoms with Crippen LogP contribution in [0.3, 0.4) is 0 Å². The van der Waals surface area contributed by atoms with E-state index in [1.165, 1.54) is 16.8 Å². The summed E-state index contributed by atoms with van der Waals surface area (Å²) >= 11 is 0. The van der Waals surface area contributed by atoms with Gasteiger partial charge in [-0.1, -0.05) is 50.2 Å². The van der Waals surface area contributed by atoms with Gasteiger partial charge in [0, 0.05) is 5.69 Å². The van der Waals surface area contributed by atoms with Crippen molar-refractivity contribution >= 4 is 5.69 Å². The molecule has 0 atom stereocenters. The Kier molecular flexibility index (Phi) is 5.67. The molecule has 1 N–H and O–H groups in total. The molecule has 2 aromatic carbocycles. The fourth-order valence-electron chi connectivity index (χ4n) is 2.71. The summed E-state index contributed by atoms with van der Waals surface area (Å²) in [5.41, 5.74) is 3.77. The van der Waals surface area contributed by atoms with Crippen LogP contribution < -0.4 is 10.1 Å². The second-order valence-electron chi connectivity index (χ2n) is 5.70. The number of aromatic nitrogens is 2. The minimum absolute atomic E-state index is 0.267. The van der Waals surface area contributed by atoms with Crippen LogP contribution in [0.2, 0.25) is 0 Å². The average molecular weight is 337 g/mol. The summed E-state index contributed by atoms with van der Waals surface area (Å²) in [6, 6.07) is 16.0. The van der Waals surface area contributed by atoms with Crippen molar-refractivity contribution in [2.24, 2.45) is 0 Å². The smallest absolute Gasteiger partial charge is 0.253 e. The third kappa shape index (κ3) is 4.38. The zero-order chi connectivity index (χ0) is 17.5. The van der Waals surface area contributed by atoms with Gasteiger partial charge in [0.1, 0.15) is 5.75 Å². The molecule has 3 rings (SSSR count). The van der Waals surface area contributed by atoms with Crippen molar-refractivity contribution in [2.75, 3.05) is 5.32 Å². The molecule has 0 saturated heterocycles. The van der Waals surface area contributed by atoms with Gasteiger partial charge in [0.15, 0.2) is 6.61 Å². The maximum atomic E-state index is 5.66. The van der Waals surface area contributed by atoms with E-state index in [4.69, 9.17) is 9.15 Å². The number of nitrogens with one attached hydrogen (secondary N) is 1. The molecule has 25 heavy (non-hydrogen) atoms. The van der Waals surface area contributed by atoms with Gasteiger partial charge in [-0.2, -0.15) is 0 Å². The summed E-state index contributed by atoms with van der Waals surface area (Å²) in [7, 11) is 0. The predicted molar refractivity (Wildman–Crippen MR) is 97.6 cm³/mol. The summed E-state index contributed by atoms with van der Waals surface area (Å²) < 4.78 is 11.3. The minimum Gasteiger partial charge on any atom is -0.484 e. The van der Waals surface area contributed by atoms with Crippen molar-refractivity contribution in [1.82, 2.24) is 10.2 Å². The molecule has 5 heteroatoms. The molecule has 0 radical (unpaired) electrons. The van der Waals surface area contributed by atoms with E-state index in [1.807, 2.05) is 30.3 Å². The lowest BCUT2D eigenvalue weighted by atomic mass is 10.0. The van der Waals surface area contributed by atoms with Gasteiger partial charge in [-0.25, -0.2) is 0 Å². The SMILES string of the molecule is CCc1cccc(CC)c1NCc1nnc(COc2ccccc2)o1. The van der Waals surface area contributed by atoms with Crippen LogP contribution in [-0.4, -0.2) is 10.2 Å². The molecule has 0 spiro atoms. The van der Waals surface area contributed by atoms with Crippen LogP contribution in [0.25, 0.3) is 0 Å². The number of benzene rings is 2. The highest BCUT2D eigenvalue weighted by atomic mass is 16.5. The highest BCUT2D eigenvalue weighted by Gasteiger charge is 2.10. The van der Waals surface area contributed by atoms with E-state index in [0.717, 1.165) is 18.6 Å². The number of aryl methyl sites for hydroxylation is 2. The molecule has 0 aliphatic heterocycles. The Morgan fingerprint density at radius 2 is 1.56 bits per heavy atom. The zero-order valence-corrected chi connectivity index (χ0v) is 14.7. The largest absolute Gasteiger partial charge is 0.484 e. The second kappa shape index (κ2) is 8.33. The van der Waals surface area contributed by atoms with Gasteiger partial charge < -0.3 is 14.5 Å². The first-order chi connectivity index (χ1) is 12.3. The quantitative estimate of drug-likeness (QED) is 0.661. The lowest BCUT2D eigenvalue weighted by molar-refractivity contribution is 0.259. The normalized spacial score (nSPS) is 10.6. The van der Waals surface area contributed by atoms with E-state index in [2.05, 4.69) is 47.6 Å². The van der Waals surface area contributed by atoms with Crippen molar-refractivity contribution in [3.05, 3.63) is 71.4 Å². The molecule has 0 unspecified atom stereocenters. The molecular weight excluding hydrogens is 314 g/mol. The fraction of sp³-hybridized carbons (Fsp3) is 0.300. The topological polar surface area (TPSA) is 60.2 Å². The van der Waals surface area contributed by atoms with Crippen molar-refractivity contribution in [3.8, 4) is 5.75 Å². The highest BCUT2D eigenvalue weighted by molar-refractivity contribution is 5.57. The molecule has 0 aliphatic rings. The summed E-state index contributed by atoms with van der Waals surface area (Å²) in [6.07, 6.45) is 1.96. The average Bonchev–Trinajstić information content (AvgIpc) is 3.13. The van der Waals surface area contributed by atoms with Gasteiger partial charge in [-0.15, -0.1) is 10.2 Å². The van der Waals surface area contributed by atoms with Crippen LogP contribution in [0.5, 0.6) is 5.75 Å². The monoisotopic (exact) mass is 337 g/mol. The van der Waals surface area contributed by atoms with Gasteiger partial charge in [0.2, 0.25) is 5.89 Å². The lowest BCUT2D eigenvalue weighted by Gasteiger charge is -2.14. The lowest BCUT2D eigenvalue weighted by Crippen LogP contribution is -2.05. The van der Waals surface area contributed by atoms with Gasteiger partial charge in [-0.3, -0.25) is 0 Å². The fourth-order valence-corrected chi connectivity index (χ4v) is 2.71. The van der Waals surface area contributed by atoms with Crippen molar-refractivity contribution in [2.45, 2.75) is 39.8 Å². The first-order valence-corrected chi connectivity index (χ1v) is 8.63. The predicted octanol–water partition coefficient (Wildman–Crippen LogP) is 4.39. The first-order valence-electron chi connectivity index (χ1n) is 8.63. The Hall–Kier alpha value is -2.82. The Morgan fingerprint density at radius 1 is 0.880 bits per heavy atom. The second-order valence-corrected chi connectivity index (χ2v) is 5.70. The standard InChI is InChI=1S/C20H23N3O2/c1-3-15-9-8-10-16(4-2)20(15)21-13-18-22-23-19(25-18)14-24-17-11-6-5-7-12-17/h5-12,21H,3-4,13-14H2,1-2H3. The molecule has 1 heterocycles. The summed E-state index contributed by atoms with van der Waals surface area (Å²) in [6.45, 7) is 5.09. The van der Waals surface area contributed by atoms with Crippen LogP contribution in [0.4, 0.5) is 5.69 Å². The number of rotatable bonds is 8. The van der Waals surface area contributed by atoms with Gasteiger partial charge in [0.05, 0.1) is 6.54 Å². The molecule has 0 amide bonds. The number of hydrogen-bond acceptors (Lipinski definition) is 5. The molecule has 1 aromatic heterocycles. The Labute approximate surface area is 148 Å². The van der Waals surface area contributed by atoms with E-state index in [9.17, 15) is 0 Å². The maximum Gasteiger partial charge on any atom is 0.253 e. The maximum absolute atomic E-state index is 5.66. The summed E-state index contributed by atoms with van der Waals surface area (Å²) in [5.74, 6) is 1.81. The summed E-state index contributed by atoms with van der Waals surface area (Å²) in [4.78, 5) is 0. The third-order valence-corrected chi connectivity index (χ3v) is 4.03. The number of nitrogens with zero attached hydrogens (tertiary/aromatic N) is 2.